The van der Waals surface area contributed by atoms with Gasteiger partial charge in [-0.1, -0.05) is 12.1 Å². The molecule has 4 nitrogen and oxygen atoms in total. The molecular formula is C18H15NO3S2. The van der Waals surface area contributed by atoms with E-state index in [1.165, 1.54) is 11.3 Å². The summed E-state index contributed by atoms with van der Waals surface area (Å²) in [7, 11) is 0. The second-order valence-corrected chi connectivity index (χ2v) is 6.99. The molecule has 0 bridgehead atoms. The number of hydrogen-bond acceptors (Lipinski definition) is 6. The van der Waals surface area contributed by atoms with Crippen LogP contribution in [0.3, 0.4) is 0 Å². The van der Waals surface area contributed by atoms with Crippen LogP contribution < -0.4 is 0 Å². The SMILES string of the molecule is Cc1ccc(C(=O)COC(=O)c2csc(-c3ccsc3)n2)cc1C. The third-order valence-corrected chi connectivity index (χ3v) is 5.22. The Balaban J connectivity index is 1.63. The minimum absolute atomic E-state index is 0.222. The van der Waals surface area contributed by atoms with Gasteiger partial charge < -0.3 is 4.74 Å². The molecule has 1 aromatic carbocycles. The van der Waals surface area contributed by atoms with Gasteiger partial charge in [0, 0.05) is 21.9 Å². The molecule has 0 atom stereocenters. The number of aromatic nitrogens is 1. The molecule has 0 amide bonds. The van der Waals surface area contributed by atoms with E-state index in [9.17, 15) is 9.59 Å². The van der Waals surface area contributed by atoms with Crippen molar-refractivity contribution in [3.63, 3.8) is 0 Å². The predicted molar refractivity (Wildman–Crippen MR) is 96.0 cm³/mol. The first-order chi connectivity index (χ1) is 11.5. The van der Waals surface area contributed by atoms with E-state index in [1.54, 1.807) is 22.8 Å². The Labute approximate surface area is 147 Å². The number of carbonyl (C=O) groups is 2. The number of esters is 1. The van der Waals surface area contributed by atoms with Crippen molar-refractivity contribution in [1.82, 2.24) is 4.98 Å². The zero-order chi connectivity index (χ0) is 17.1. The Morgan fingerprint density at radius 1 is 1.12 bits per heavy atom. The van der Waals surface area contributed by atoms with Crippen molar-refractivity contribution >= 4 is 34.4 Å². The Morgan fingerprint density at radius 3 is 2.67 bits per heavy atom. The van der Waals surface area contributed by atoms with Gasteiger partial charge in [0.1, 0.15) is 5.01 Å². The molecule has 0 N–H and O–H groups in total. The van der Waals surface area contributed by atoms with Gasteiger partial charge in [-0.3, -0.25) is 4.79 Å². The average molecular weight is 357 g/mol. The Hall–Kier alpha value is -2.31. The van der Waals surface area contributed by atoms with Crippen LogP contribution in [0, 0.1) is 13.8 Å². The van der Waals surface area contributed by atoms with E-state index >= 15 is 0 Å². The van der Waals surface area contributed by atoms with Gasteiger partial charge in [-0.2, -0.15) is 11.3 Å². The Morgan fingerprint density at radius 2 is 1.96 bits per heavy atom. The van der Waals surface area contributed by atoms with Gasteiger partial charge in [0.2, 0.25) is 0 Å². The lowest BCUT2D eigenvalue weighted by Gasteiger charge is -2.05. The van der Waals surface area contributed by atoms with Crippen molar-refractivity contribution < 1.29 is 14.3 Å². The highest BCUT2D eigenvalue weighted by atomic mass is 32.1. The maximum absolute atomic E-state index is 12.1. The predicted octanol–water partition coefficient (Wildman–Crippen LogP) is 4.53. The minimum Gasteiger partial charge on any atom is -0.453 e. The first-order valence-electron chi connectivity index (χ1n) is 7.30. The topological polar surface area (TPSA) is 56.3 Å². The number of hydrogen-bond donors (Lipinski definition) is 0. The van der Waals surface area contributed by atoms with Crippen molar-refractivity contribution in [2.24, 2.45) is 0 Å². The summed E-state index contributed by atoms with van der Waals surface area (Å²) in [5.41, 5.74) is 3.91. The lowest BCUT2D eigenvalue weighted by Crippen LogP contribution is -2.14. The number of thiazole rings is 1. The quantitative estimate of drug-likeness (QED) is 0.497. The van der Waals surface area contributed by atoms with Crippen molar-refractivity contribution in [3.8, 4) is 10.6 Å². The van der Waals surface area contributed by atoms with Gasteiger partial charge in [-0.05, 0) is 42.5 Å². The largest absolute Gasteiger partial charge is 0.453 e. The molecule has 0 saturated heterocycles. The number of ketones is 1. The van der Waals surface area contributed by atoms with Crippen LogP contribution in [0.2, 0.25) is 0 Å². The monoisotopic (exact) mass is 357 g/mol. The summed E-state index contributed by atoms with van der Waals surface area (Å²) < 4.78 is 5.10. The van der Waals surface area contributed by atoms with Gasteiger partial charge in [0.05, 0.1) is 0 Å². The molecule has 3 rings (SSSR count). The van der Waals surface area contributed by atoms with Crippen molar-refractivity contribution in [3.05, 3.63) is 62.8 Å². The molecule has 3 aromatic rings. The first-order valence-corrected chi connectivity index (χ1v) is 9.12. The third-order valence-electron chi connectivity index (χ3n) is 3.64. The molecular weight excluding hydrogens is 342 g/mol. The summed E-state index contributed by atoms with van der Waals surface area (Å²) in [5.74, 6) is -0.801. The molecule has 2 aromatic heterocycles. The molecule has 24 heavy (non-hydrogen) atoms. The Bertz CT molecular complexity index is 882. The normalized spacial score (nSPS) is 10.6. The van der Waals surface area contributed by atoms with Crippen LogP contribution in [0.5, 0.6) is 0 Å². The zero-order valence-corrected chi connectivity index (χ0v) is 14.9. The maximum Gasteiger partial charge on any atom is 0.358 e. The van der Waals surface area contributed by atoms with E-state index in [0.29, 0.717) is 5.56 Å². The maximum atomic E-state index is 12.1. The fourth-order valence-electron chi connectivity index (χ4n) is 2.09. The summed E-state index contributed by atoms with van der Waals surface area (Å²) >= 11 is 2.95. The number of benzene rings is 1. The molecule has 0 aliphatic heterocycles. The summed E-state index contributed by atoms with van der Waals surface area (Å²) in [5, 5.41) is 6.34. The fraction of sp³-hybridized carbons (Fsp3) is 0.167. The van der Waals surface area contributed by atoms with Crippen LogP contribution in [0.25, 0.3) is 10.6 Å². The first kappa shape index (κ1) is 16.5. The second-order valence-electron chi connectivity index (χ2n) is 5.35. The van der Waals surface area contributed by atoms with Gasteiger partial charge in [0.15, 0.2) is 18.1 Å². The number of thiophene rings is 1. The highest BCUT2D eigenvalue weighted by Crippen LogP contribution is 2.25. The van der Waals surface area contributed by atoms with E-state index in [1.807, 2.05) is 42.8 Å². The molecule has 0 fully saturated rings. The van der Waals surface area contributed by atoms with Crippen LogP contribution >= 0.6 is 22.7 Å². The smallest absolute Gasteiger partial charge is 0.358 e. The standard InChI is InChI=1S/C18H15NO3S2/c1-11-3-4-13(7-12(11)2)16(20)8-22-18(21)15-10-24-17(19-15)14-5-6-23-9-14/h3-7,9-10H,8H2,1-2H3. The molecule has 0 radical (unpaired) electrons. The molecule has 0 aliphatic rings. The van der Waals surface area contributed by atoms with Crippen molar-refractivity contribution in [2.45, 2.75) is 13.8 Å². The Kier molecular flexibility index (Phi) is 4.87. The summed E-state index contributed by atoms with van der Waals surface area (Å²) in [6.07, 6.45) is 0. The van der Waals surface area contributed by atoms with Gasteiger partial charge in [-0.25, -0.2) is 9.78 Å². The van der Waals surface area contributed by atoms with Gasteiger partial charge in [0.25, 0.3) is 0 Å². The van der Waals surface area contributed by atoms with E-state index in [0.717, 1.165) is 21.7 Å². The van der Waals surface area contributed by atoms with Crippen LogP contribution in [0.1, 0.15) is 32.0 Å². The van der Waals surface area contributed by atoms with E-state index in [-0.39, 0.29) is 18.1 Å². The molecule has 6 heteroatoms. The minimum atomic E-state index is -0.579. The van der Waals surface area contributed by atoms with E-state index in [4.69, 9.17) is 4.74 Å². The molecule has 0 aliphatic carbocycles. The summed E-state index contributed by atoms with van der Waals surface area (Å²) in [6.45, 7) is 3.64. The number of nitrogens with zero attached hydrogens (tertiary/aromatic N) is 1. The fourth-order valence-corrected chi connectivity index (χ4v) is 3.59. The van der Waals surface area contributed by atoms with Gasteiger partial charge in [-0.15, -0.1) is 11.3 Å². The lowest BCUT2D eigenvalue weighted by atomic mass is 10.0. The second kappa shape index (κ2) is 7.07. The number of Topliss-reactive ketones (excluding diaryl/α,β-unsaturated/α-hetero) is 1. The van der Waals surface area contributed by atoms with E-state index in [2.05, 4.69) is 4.98 Å². The average Bonchev–Trinajstić information content (AvgIpc) is 3.25. The highest BCUT2D eigenvalue weighted by Gasteiger charge is 2.16. The van der Waals surface area contributed by atoms with Crippen molar-refractivity contribution in [2.75, 3.05) is 6.61 Å². The zero-order valence-electron chi connectivity index (χ0n) is 13.2. The van der Waals surface area contributed by atoms with Gasteiger partial charge >= 0.3 is 5.97 Å². The molecule has 0 unspecified atom stereocenters. The number of carbonyl (C=O) groups excluding carboxylic acids is 2. The summed E-state index contributed by atoms with van der Waals surface area (Å²) in [6, 6.07) is 7.39. The lowest BCUT2D eigenvalue weighted by molar-refractivity contribution is 0.0470. The van der Waals surface area contributed by atoms with Crippen LogP contribution in [0.4, 0.5) is 0 Å². The molecule has 0 spiro atoms. The molecule has 0 saturated carbocycles. The highest BCUT2D eigenvalue weighted by molar-refractivity contribution is 7.14. The van der Waals surface area contributed by atoms with Crippen LogP contribution in [-0.4, -0.2) is 23.3 Å². The number of ether oxygens (including phenoxy) is 1. The van der Waals surface area contributed by atoms with Crippen molar-refractivity contribution in [1.29, 1.82) is 0 Å². The summed E-state index contributed by atoms with van der Waals surface area (Å²) in [4.78, 5) is 28.5. The molecule has 2 heterocycles. The number of rotatable bonds is 5. The van der Waals surface area contributed by atoms with E-state index < -0.39 is 5.97 Å². The van der Waals surface area contributed by atoms with Crippen LogP contribution in [-0.2, 0) is 4.74 Å². The molecule has 122 valence electrons. The van der Waals surface area contributed by atoms with Crippen LogP contribution in [0.15, 0.2) is 40.4 Å². The third kappa shape index (κ3) is 3.60. The number of aryl methyl sites for hydroxylation is 2.